The molecule has 8 unspecified atom stereocenters. The fraction of sp³-hybridized carbons (Fsp3) is 0.968. The van der Waals surface area contributed by atoms with Crippen LogP contribution < -0.4 is 0 Å². The number of esters is 1. The number of carbonyl (C=O) groups is 1. The molecule has 0 radical (unpaired) electrons. The Bertz CT molecular complexity index is 1300. The third-order valence-electron chi connectivity index (χ3n) is 12.2. The van der Waals surface area contributed by atoms with Crippen LogP contribution in [-0.2, 0) is 9.53 Å². The minimum absolute atomic E-state index is 0.115. The molecule has 0 saturated heterocycles. The van der Waals surface area contributed by atoms with Crippen LogP contribution in [0.15, 0.2) is 0 Å². The first-order valence-electron chi connectivity index (χ1n) is 16.8. The van der Waals surface area contributed by atoms with Gasteiger partial charge in [-0.3, -0.25) is 4.79 Å². The van der Waals surface area contributed by atoms with Crippen LogP contribution in [0.2, 0.25) is 0 Å². The lowest BCUT2D eigenvalue weighted by molar-refractivity contribution is -0.405. The second kappa shape index (κ2) is 15.4. The molecule has 3 fully saturated rings. The lowest BCUT2D eigenvalue weighted by Crippen LogP contribution is -2.67. The molecule has 0 aromatic carbocycles. The average Bonchev–Trinajstić information content (AvgIpc) is 3.53. The van der Waals surface area contributed by atoms with Gasteiger partial charge in [0.05, 0.1) is 0 Å². The summed E-state index contributed by atoms with van der Waals surface area (Å²) < 4.78 is 280. The molecular weight excluding hydrogens is 851 g/mol. The number of aliphatic hydroxyl groups is 3. The molecule has 3 saturated carbocycles. The predicted octanol–water partition coefficient (Wildman–Crippen LogP) is 10.2. The Kier molecular flexibility index (Phi) is 13.8. The molecular formula is C31H37F21O5. The summed E-state index contributed by atoms with van der Waals surface area (Å²) in [5, 5.41) is 28.4. The Morgan fingerprint density at radius 1 is 0.544 bits per heavy atom. The Balaban J connectivity index is 0.000000467. The molecule has 3 rings (SSSR count). The molecule has 0 spiro atoms. The van der Waals surface area contributed by atoms with Crippen molar-refractivity contribution >= 4 is 5.97 Å². The fourth-order valence-corrected chi connectivity index (χ4v) is 8.14. The van der Waals surface area contributed by atoms with Gasteiger partial charge in [0.15, 0.2) is 5.41 Å². The summed E-state index contributed by atoms with van der Waals surface area (Å²) >= 11 is 0. The third-order valence-corrected chi connectivity index (χ3v) is 12.2. The minimum atomic E-state index is -6.77. The summed E-state index contributed by atoms with van der Waals surface area (Å²) in [5.41, 5.74) is -20.1. The zero-order valence-corrected chi connectivity index (χ0v) is 29.7. The van der Waals surface area contributed by atoms with Gasteiger partial charge in [0, 0.05) is 11.8 Å². The molecule has 57 heavy (non-hydrogen) atoms. The van der Waals surface area contributed by atoms with Crippen LogP contribution >= 0.6 is 0 Å². The molecule has 0 aromatic rings. The molecule has 5 nitrogen and oxygen atoms in total. The van der Waals surface area contributed by atoms with E-state index in [0.29, 0.717) is 18.8 Å². The highest BCUT2D eigenvalue weighted by molar-refractivity contribution is 5.77. The van der Waals surface area contributed by atoms with E-state index in [-0.39, 0.29) is 24.7 Å². The van der Waals surface area contributed by atoms with E-state index < -0.39 is 127 Å². The average molecular weight is 889 g/mol. The molecule has 338 valence electrons. The van der Waals surface area contributed by atoms with Crippen molar-refractivity contribution in [3.05, 3.63) is 0 Å². The lowest BCUT2D eigenvalue weighted by Gasteiger charge is -2.48. The summed E-state index contributed by atoms with van der Waals surface area (Å²) in [5.74, 6) is -9.97. The van der Waals surface area contributed by atoms with Crippen molar-refractivity contribution in [2.45, 2.75) is 139 Å². The van der Waals surface area contributed by atoms with Crippen LogP contribution in [0, 0.1) is 46.8 Å². The Labute approximate surface area is 309 Å². The van der Waals surface area contributed by atoms with Gasteiger partial charge in [-0.2, -0.15) is 92.2 Å². The standard InChI is InChI=1S/C18H19F15O4.C13H18F6O/c1-3-11(2,14(19,20)21)10(34)37-9-5-7(12(35,15(22,23)24)16(25,26)27)4-8(6-9)13(36,17(28,29)30)18(31,32)33;1-6-7(2)10-4-8(6)3-9(10)5-11(20,12(14,15)16)13(17,18)19/h7-9,35-36H,3-6H2,1-2H3;6-10,20H,3-5H2,1-2H3. The topological polar surface area (TPSA) is 87.0 Å². The van der Waals surface area contributed by atoms with Crippen LogP contribution in [0.25, 0.3) is 0 Å². The van der Waals surface area contributed by atoms with Crippen LogP contribution in [0.3, 0.4) is 0 Å². The number of hydrogen-bond acceptors (Lipinski definition) is 5. The third kappa shape index (κ3) is 9.01. The van der Waals surface area contributed by atoms with Crippen molar-refractivity contribution in [2.75, 3.05) is 0 Å². The SMILES string of the molecule is CC1C2CC(CC(O)(C(F)(F)F)C(F)(F)F)C(C2)C1C.CCC(C)(C(=O)OC1CC(C(O)(C(F)(F)F)C(F)(F)F)CC(C(O)(C(F)(F)F)C(F)(F)F)C1)C(F)(F)F. The molecule has 3 N–H and O–H groups in total. The maximum Gasteiger partial charge on any atom is 0.426 e. The molecule has 8 atom stereocenters. The first kappa shape index (κ1) is 51.0. The molecule has 0 aromatic heterocycles. The highest BCUT2D eigenvalue weighted by Crippen LogP contribution is 2.60. The molecule has 0 heterocycles. The smallest absolute Gasteiger partial charge is 0.426 e. The maximum atomic E-state index is 13.3. The molecule has 3 aliphatic carbocycles. The quantitative estimate of drug-likeness (QED) is 0.175. The van der Waals surface area contributed by atoms with E-state index in [1.165, 1.54) is 0 Å². The van der Waals surface area contributed by atoms with Crippen molar-refractivity contribution in [1.82, 2.24) is 0 Å². The fourth-order valence-electron chi connectivity index (χ4n) is 8.14. The highest BCUT2D eigenvalue weighted by Gasteiger charge is 2.79. The number of alkyl halides is 21. The number of fused-ring (bicyclic) bond motifs is 2. The van der Waals surface area contributed by atoms with Crippen LogP contribution in [0.5, 0.6) is 0 Å². The van der Waals surface area contributed by atoms with Gasteiger partial charge in [0.25, 0.3) is 16.8 Å². The minimum Gasteiger partial charge on any atom is -0.462 e. The van der Waals surface area contributed by atoms with E-state index in [2.05, 4.69) is 4.74 Å². The van der Waals surface area contributed by atoms with Gasteiger partial charge in [-0.25, -0.2) is 0 Å². The molecule has 3 aliphatic rings. The van der Waals surface area contributed by atoms with Crippen LogP contribution in [0.1, 0.15) is 72.6 Å². The first-order valence-corrected chi connectivity index (χ1v) is 16.8. The van der Waals surface area contributed by atoms with Crippen LogP contribution in [-0.4, -0.2) is 87.4 Å². The Morgan fingerprint density at radius 3 is 1.18 bits per heavy atom. The van der Waals surface area contributed by atoms with E-state index in [4.69, 9.17) is 0 Å². The van der Waals surface area contributed by atoms with Crippen LogP contribution in [0.4, 0.5) is 92.2 Å². The second-order valence-corrected chi connectivity index (χ2v) is 15.3. The Morgan fingerprint density at radius 2 is 0.912 bits per heavy atom. The van der Waals surface area contributed by atoms with Gasteiger partial charge < -0.3 is 20.1 Å². The van der Waals surface area contributed by atoms with Crippen molar-refractivity contribution < 1.29 is 117 Å². The van der Waals surface area contributed by atoms with Gasteiger partial charge in [-0.1, -0.05) is 20.8 Å². The zero-order valence-electron chi connectivity index (χ0n) is 29.7. The van der Waals surface area contributed by atoms with Gasteiger partial charge >= 0.3 is 49.2 Å². The Hall–Kier alpha value is -2.12. The van der Waals surface area contributed by atoms with Crippen molar-refractivity contribution in [2.24, 2.45) is 46.8 Å². The number of halogens is 21. The first-order chi connectivity index (χ1) is 24.9. The van der Waals surface area contributed by atoms with E-state index in [0.717, 1.165) is 6.92 Å². The summed E-state index contributed by atoms with van der Waals surface area (Å²) in [6, 6.07) is 0. The van der Waals surface area contributed by atoms with Gasteiger partial charge in [0.1, 0.15) is 6.10 Å². The van der Waals surface area contributed by atoms with Gasteiger partial charge in [-0.15, -0.1) is 0 Å². The largest absolute Gasteiger partial charge is 0.462 e. The molecule has 26 heteroatoms. The maximum absolute atomic E-state index is 13.3. The number of rotatable bonds is 7. The second-order valence-electron chi connectivity index (χ2n) is 15.3. The number of ether oxygens (including phenoxy) is 1. The van der Waals surface area contributed by atoms with Gasteiger partial charge in [0.2, 0.25) is 0 Å². The highest BCUT2D eigenvalue weighted by atomic mass is 19.4. The summed E-state index contributed by atoms with van der Waals surface area (Å²) in [7, 11) is 0. The molecule has 2 bridgehead atoms. The number of hydrogen-bond donors (Lipinski definition) is 3. The van der Waals surface area contributed by atoms with Crippen molar-refractivity contribution in [1.29, 1.82) is 0 Å². The summed E-state index contributed by atoms with van der Waals surface area (Å²) in [6.45, 7) is 4.77. The molecule has 0 amide bonds. The summed E-state index contributed by atoms with van der Waals surface area (Å²) in [4.78, 5) is 12.2. The van der Waals surface area contributed by atoms with E-state index in [1.807, 2.05) is 13.8 Å². The van der Waals surface area contributed by atoms with Gasteiger partial charge in [-0.05, 0) is 81.5 Å². The van der Waals surface area contributed by atoms with Crippen molar-refractivity contribution in [3.8, 4) is 0 Å². The zero-order chi connectivity index (χ0) is 45.4. The lowest BCUT2D eigenvalue weighted by atomic mass is 9.65. The van der Waals surface area contributed by atoms with E-state index >= 15 is 0 Å². The monoisotopic (exact) mass is 888 g/mol. The molecule has 0 aliphatic heterocycles. The normalized spacial score (nSPS) is 29.8. The van der Waals surface area contributed by atoms with E-state index in [1.54, 1.807) is 0 Å². The van der Waals surface area contributed by atoms with E-state index in [9.17, 15) is 112 Å². The predicted molar refractivity (Wildman–Crippen MR) is 149 cm³/mol. The summed E-state index contributed by atoms with van der Waals surface area (Å²) in [6.07, 6.45) is -54.5. The number of carbonyl (C=O) groups excluding carboxylic acids is 1. The van der Waals surface area contributed by atoms with Crippen molar-refractivity contribution in [3.63, 3.8) is 0 Å².